The van der Waals surface area contributed by atoms with E-state index in [-0.39, 0.29) is 5.41 Å². The van der Waals surface area contributed by atoms with Gasteiger partial charge in [0.1, 0.15) is 0 Å². The summed E-state index contributed by atoms with van der Waals surface area (Å²) in [5.74, 6) is 1.56. The first-order valence-electron chi connectivity index (χ1n) is 5.08. The predicted octanol–water partition coefficient (Wildman–Crippen LogP) is 1.00. The van der Waals surface area contributed by atoms with E-state index in [1.807, 2.05) is 0 Å². The van der Waals surface area contributed by atoms with E-state index in [2.05, 4.69) is 12.2 Å². The Morgan fingerprint density at radius 1 is 1.50 bits per heavy atom. The average molecular weight is 169 g/mol. The molecule has 2 aliphatic rings. The number of rotatable bonds is 2. The highest BCUT2D eigenvalue weighted by Gasteiger charge is 2.46. The van der Waals surface area contributed by atoms with E-state index < -0.39 is 0 Å². The van der Waals surface area contributed by atoms with Crippen molar-refractivity contribution in [1.29, 1.82) is 0 Å². The van der Waals surface area contributed by atoms with Gasteiger partial charge in [-0.05, 0) is 37.6 Å². The molecule has 0 amide bonds. The molecule has 1 saturated carbocycles. The third-order valence-electron chi connectivity index (χ3n) is 3.48. The molecule has 0 aromatic rings. The van der Waals surface area contributed by atoms with Gasteiger partial charge in [0.25, 0.3) is 0 Å². The molecule has 12 heavy (non-hydrogen) atoms. The SMILES string of the molecule is CC1CNCC(CO)(C2CC2)C1. The second-order valence-electron chi connectivity index (χ2n) is 4.73. The molecule has 0 aromatic heterocycles. The lowest BCUT2D eigenvalue weighted by Crippen LogP contribution is -2.47. The molecule has 2 nitrogen and oxygen atoms in total. The Kier molecular flexibility index (Phi) is 2.13. The normalized spacial score (nSPS) is 43.0. The predicted molar refractivity (Wildman–Crippen MR) is 48.9 cm³/mol. The van der Waals surface area contributed by atoms with Crippen molar-refractivity contribution in [3.63, 3.8) is 0 Å². The van der Waals surface area contributed by atoms with Crippen LogP contribution in [0.15, 0.2) is 0 Å². The minimum atomic E-state index is 0.248. The first-order valence-corrected chi connectivity index (χ1v) is 5.08. The Morgan fingerprint density at radius 2 is 2.25 bits per heavy atom. The van der Waals surface area contributed by atoms with Crippen LogP contribution in [0.3, 0.4) is 0 Å². The summed E-state index contributed by atoms with van der Waals surface area (Å²) in [5.41, 5.74) is 0.248. The van der Waals surface area contributed by atoms with Gasteiger partial charge in [-0.25, -0.2) is 0 Å². The van der Waals surface area contributed by atoms with Crippen molar-refractivity contribution in [3.05, 3.63) is 0 Å². The molecule has 2 fully saturated rings. The van der Waals surface area contributed by atoms with Crippen molar-refractivity contribution in [2.45, 2.75) is 26.2 Å². The topological polar surface area (TPSA) is 32.3 Å². The van der Waals surface area contributed by atoms with Crippen LogP contribution >= 0.6 is 0 Å². The average Bonchev–Trinajstić information content (AvgIpc) is 2.86. The molecule has 0 aromatic carbocycles. The Labute approximate surface area is 74.4 Å². The van der Waals surface area contributed by atoms with E-state index in [1.165, 1.54) is 19.3 Å². The summed E-state index contributed by atoms with van der Waals surface area (Å²) in [6, 6.07) is 0. The van der Waals surface area contributed by atoms with Crippen LogP contribution in [-0.2, 0) is 0 Å². The molecule has 2 unspecified atom stereocenters. The zero-order valence-corrected chi connectivity index (χ0v) is 7.84. The standard InChI is InChI=1S/C10H19NO/c1-8-4-10(7-12,6-11-5-8)9-2-3-9/h8-9,11-12H,2-7H2,1H3. The smallest absolute Gasteiger partial charge is 0.0502 e. The molecule has 1 heterocycles. The Balaban J connectivity index is 2.04. The van der Waals surface area contributed by atoms with Gasteiger partial charge >= 0.3 is 0 Å². The molecule has 2 N–H and O–H groups in total. The van der Waals surface area contributed by atoms with Crippen LogP contribution in [0.1, 0.15) is 26.2 Å². The molecule has 1 saturated heterocycles. The van der Waals surface area contributed by atoms with Gasteiger partial charge in [-0.3, -0.25) is 0 Å². The first kappa shape index (κ1) is 8.52. The molecule has 1 aliphatic heterocycles. The van der Waals surface area contributed by atoms with Crippen LogP contribution in [0, 0.1) is 17.3 Å². The number of piperidine rings is 1. The minimum Gasteiger partial charge on any atom is -0.396 e. The molecule has 0 spiro atoms. The van der Waals surface area contributed by atoms with E-state index in [1.54, 1.807) is 0 Å². The molecule has 2 heteroatoms. The van der Waals surface area contributed by atoms with E-state index in [0.29, 0.717) is 6.61 Å². The molecular formula is C10H19NO. The molecule has 0 radical (unpaired) electrons. The van der Waals surface area contributed by atoms with Crippen molar-refractivity contribution in [3.8, 4) is 0 Å². The van der Waals surface area contributed by atoms with E-state index in [0.717, 1.165) is 24.9 Å². The fourth-order valence-corrected chi connectivity index (χ4v) is 2.66. The summed E-state index contributed by atoms with van der Waals surface area (Å²) >= 11 is 0. The zero-order valence-electron chi connectivity index (χ0n) is 7.84. The third-order valence-corrected chi connectivity index (χ3v) is 3.48. The van der Waals surface area contributed by atoms with Crippen LogP contribution in [0.2, 0.25) is 0 Å². The molecule has 2 atom stereocenters. The number of aliphatic hydroxyl groups is 1. The van der Waals surface area contributed by atoms with Gasteiger partial charge in [0.2, 0.25) is 0 Å². The lowest BCUT2D eigenvalue weighted by molar-refractivity contribution is 0.0536. The largest absolute Gasteiger partial charge is 0.396 e. The van der Waals surface area contributed by atoms with Gasteiger partial charge in [-0.15, -0.1) is 0 Å². The quantitative estimate of drug-likeness (QED) is 0.646. The van der Waals surface area contributed by atoms with E-state index in [4.69, 9.17) is 0 Å². The minimum absolute atomic E-state index is 0.248. The third kappa shape index (κ3) is 1.38. The first-order chi connectivity index (χ1) is 5.77. The number of hydrogen-bond donors (Lipinski definition) is 2. The van der Waals surface area contributed by atoms with Gasteiger partial charge in [0.05, 0.1) is 6.61 Å². The maximum atomic E-state index is 9.43. The monoisotopic (exact) mass is 169 g/mol. The van der Waals surface area contributed by atoms with Gasteiger partial charge < -0.3 is 10.4 Å². The summed E-state index contributed by atoms with van der Waals surface area (Å²) in [6.07, 6.45) is 3.91. The van der Waals surface area contributed by atoms with Gasteiger partial charge in [0, 0.05) is 12.0 Å². The highest BCUT2D eigenvalue weighted by molar-refractivity contribution is 4.98. The number of hydrogen-bond acceptors (Lipinski definition) is 2. The van der Waals surface area contributed by atoms with E-state index in [9.17, 15) is 5.11 Å². The fraction of sp³-hybridized carbons (Fsp3) is 1.00. The Hall–Kier alpha value is -0.0800. The maximum Gasteiger partial charge on any atom is 0.0502 e. The summed E-state index contributed by atoms with van der Waals surface area (Å²) in [6.45, 7) is 4.83. The van der Waals surface area contributed by atoms with Gasteiger partial charge in [-0.1, -0.05) is 6.92 Å². The zero-order chi connectivity index (χ0) is 8.60. The van der Waals surface area contributed by atoms with Crippen molar-refractivity contribution in [2.75, 3.05) is 19.7 Å². The van der Waals surface area contributed by atoms with Crippen molar-refractivity contribution >= 4 is 0 Å². The van der Waals surface area contributed by atoms with Crippen molar-refractivity contribution < 1.29 is 5.11 Å². The van der Waals surface area contributed by atoms with Gasteiger partial charge in [-0.2, -0.15) is 0 Å². The summed E-state index contributed by atoms with van der Waals surface area (Å²) in [7, 11) is 0. The highest BCUT2D eigenvalue weighted by atomic mass is 16.3. The molecule has 0 bridgehead atoms. The summed E-state index contributed by atoms with van der Waals surface area (Å²) in [5, 5.41) is 12.9. The van der Waals surface area contributed by atoms with Crippen LogP contribution in [0.25, 0.3) is 0 Å². The van der Waals surface area contributed by atoms with Crippen LogP contribution < -0.4 is 5.32 Å². The highest BCUT2D eigenvalue weighted by Crippen LogP contribution is 2.49. The Morgan fingerprint density at radius 3 is 2.75 bits per heavy atom. The van der Waals surface area contributed by atoms with Crippen LogP contribution in [0.5, 0.6) is 0 Å². The molecule has 1 aliphatic carbocycles. The number of nitrogens with one attached hydrogen (secondary N) is 1. The maximum absolute atomic E-state index is 9.43. The Bertz CT molecular complexity index is 167. The van der Waals surface area contributed by atoms with Crippen molar-refractivity contribution in [1.82, 2.24) is 5.32 Å². The fourth-order valence-electron chi connectivity index (χ4n) is 2.66. The second-order valence-corrected chi connectivity index (χ2v) is 4.73. The molecular weight excluding hydrogens is 150 g/mol. The second kappa shape index (κ2) is 3.00. The van der Waals surface area contributed by atoms with Crippen LogP contribution in [-0.4, -0.2) is 24.8 Å². The van der Waals surface area contributed by atoms with Gasteiger partial charge in [0.15, 0.2) is 0 Å². The summed E-state index contributed by atoms with van der Waals surface area (Å²) < 4.78 is 0. The molecule has 2 rings (SSSR count). The number of aliphatic hydroxyl groups excluding tert-OH is 1. The van der Waals surface area contributed by atoms with E-state index >= 15 is 0 Å². The summed E-state index contributed by atoms with van der Waals surface area (Å²) in [4.78, 5) is 0. The lowest BCUT2D eigenvalue weighted by Gasteiger charge is -2.39. The molecule has 70 valence electrons. The lowest BCUT2D eigenvalue weighted by atomic mass is 9.73. The van der Waals surface area contributed by atoms with Crippen LogP contribution in [0.4, 0.5) is 0 Å². The van der Waals surface area contributed by atoms with Crippen molar-refractivity contribution in [2.24, 2.45) is 17.3 Å².